The van der Waals surface area contributed by atoms with Gasteiger partial charge in [0.15, 0.2) is 0 Å². The zero-order valence-corrected chi connectivity index (χ0v) is 11.1. The second kappa shape index (κ2) is 4.13. The van der Waals surface area contributed by atoms with Crippen LogP contribution in [0.3, 0.4) is 0 Å². The van der Waals surface area contributed by atoms with E-state index in [0.29, 0.717) is 0 Å². The van der Waals surface area contributed by atoms with E-state index in [2.05, 4.69) is 46.2 Å². The second-order valence-corrected chi connectivity index (χ2v) is 6.39. The second-order valence-electron chi connectivity index (χ2n) is 3.46. The first-order chi connectivity index (χ1) is 7.83. The predicted octanol–water partition coefficient (Wildman–Crippen LogP) is 4.91. The normalized spacial score (nSPS) is 10.8. The van der Waals surface area contributed by atoms with E-state index in [-0.39, 0.29) is 0 Å². The fourth-order valence-corrected chi connectivity index (χ4v) is 3.91. The van der Waals surface area contributed by atoms with Crippen molar-refractivity contribution >= 4 is 34.0 Å². The van der Waals surface area contributed by atoms with Crippen LogP contribution in [-0.2, 0) is 0 Å². The summed E-state index contributed by atoms with van der Waals surface area (Å²) >= 11 is 5.22. The maximum absolute atomic E-state index is 4.67. The molecule has 0 saturated carbocycles. The van der Waals surface area contributed by atoms with Crippen LogP contribution in [0.4, 0.5) is 0 Å². The van der Waals surface area contributed by atoms with Crippen LogP contribution in [0.15, 0.2) is 34.3 Å². The summed E-state index contributed by atoms with van der Waals surface area (Å²) in [5, 5.41) is 7.48. The number of rotatable bonds is 2. The van der Waals surface area contributed by atoms with E-state index in [4.69, 9.17) is 0 Å². The van der Waals surface area contributed by atoms with Crippen LogP contribution in [0, 0.1) is 6.92 Å². The van der Waals surface area contributed by atoms with Crippen molar-refractivity contribution in [3.63, 3.8) is 0 Å². The largest absolute Gasteiger partial charge is 0.235 e. The Labute approximate surface area is 106 Å². The molecule has 1 nitrogen and oxygen atoms in total. The van der Waals surface area contributed by atoms with Crippen LogP contribution in [0.5, 0.6) is 0 Å². The van der Waals surface area contributed by atoms with Crippen LogP contribution < -0.4 is 0 Å². The number of thiophene rings is 2. The Kier molecular flexibility index (Phi) is 2.63. The van der Waals surface area contributed by atoms with Gasteiger partial charge in [0.25, 0.3) is 0 Å². The molecule has 3 aromatic heterocycles. The van der Waals surface area contributed by atoms with Crippen molar-refractivity contribution in [3.05, 3.63) is 39.2 Å². The van der Waals surface area contributed by atoms with Gasteiger partial charge in [0.2, 0.25) is 0 Å². The van der Waals surface area contributed by atoms with E-state index in [1.165, 1.54) is 15.3 Å². The smallest absolute Gasteiger partial charge is 0.124 e. The summed E-state index contributed by atoms with van der Waals surface area (Å²) in [4.78, 5) is 7.26. The number of hydrogen-bond acceptors (Lipinski definition) is 4. The zero-order chi connectivity index (χ0) is 11.0. The van der Waals surface area contributed by atoms with E-state index in [9.17, 15) is 0 Å². The van der Waals surface area contributed by atoms with Crippen LogP contribution in [0.25, 0.3) is 21.1 Å². The van der Waals surface area contributed by atoms with Crippen LogP contribution in [-0.4, -0.2) is 4.98 Å². The number of thiazole rings is 1. The summed E-state index contributed by atoms with van der Waals surface area (Å²) in [6.07, 6.45) is 0. The van der Waals surface area contributed by atoms with E-state index < -0.39 is 0 Å². The van der Waals surface area contributed by atoms with Gasteiger partial charge in [-0.15, -0.1) is 22.7 Å². The molecule has 0 aromatic carbocycles. The minimum Gasteiger partial charge on any atom is -0.235 e. The highest BCUT2D eigenvalue weighted by molar-refractivity contribution is 7.17. The lowest BCUT2D eigenvalue weighted by Gasteiger charge is -1.89. The summed E-state index contributed by atoms with van der Waals surface area (Å²) in [7, 11) is 0. The van der Waals surface area contributed by atoms with Gasteiger partial charge in [-0.05, 0) is 30.5 Å². The number of aryl methyl sites for hydroxylation is 1. The van der Waals surface area contributed by atoms with Gasteiger partial charge in [0, 0.05) is 21.2 Å². The van der Waals surface area contributed by atoms with Crippen molar-refractivity contribution < 1.29 is 0 Å². The molecule has 0 unspecified atom stereocenters. The van der Waals surface area contributed by atoms with Crippen LogP contribution in [0.2, 0.25) is 0 Å². The lowest BCUT2D eigenvalue weighted by atomic mass is 10.3. The Morgan fingerprint density at radius 2 is 2.06 bits per heavy atom. The molecule has 80 valence electrons. The molecule has 16 heavy (non-hydrogen) atoms. The molecule has 3 heterocycles. The van der Waals surface area contributed by atoms with Crippen molar-refractivity contribution in [2.75, 3.05) is 0 Å². The Bertz CT molecular complexity index is 589. The molecule has 0 aliphatic heterocycles. The van der Waals surface area contributed by atoms with Gasteiger partial charge in [0.05, 0.1) is 10.6 Å². The molecule has 0 N–H and O–H groups in total. The Morgan fingerprint density at radius 1 is 1.12 bits per heavy atom. The topological polar surface area (TPSA) is 12.9 Å². The lowest BCUT2D eigenvalue weighted by molar-refractivity contribution is 1.43. The molecule has 4 heteroatoms. The van der Waals surface area contributed by atoms with E-state index >= 15 is 0 Å². The van der Waals surface area contributed by atoms with Crippen molar-refractivity contribution in [1.82, 2.24) is 4.98 Å². The van der Waals surface area contributed by atoms with Gasteiger partial charge in [-0.25, -0.2) is 4.98 Å². The average molecular weight is 263 g/mol. The van der Waals surface area contributed by atoms with Crippen LogP contribution in [0.1, 0.15) is 4.88 Å². The van der Waals surface area contributed by atoms with Gasteiger partial charge in [-0.1, -0.05) is 0 Å². The fourth-order valence-electron chi connectivity index (χ4n) is 1.48. The third kappa shape index (κ3) is 1.84. The quantitative estimate of drug-likeness (QED) is 0.640. The Hall–Kier alpha value is -0.970. The van der Waals surface area contributed by atoms with Gasteiger partial charge < -0.3 is 0 Å². The summed E-state index contributed by atoms with van der Waals surface area (Å²) in [5.41, 5.74) is 2.33. The lowest BCUT2D eigenvalue weighted by Crippen LogP contribution is -1.73. The molecule has 0 amide bonds. The van der Waals surface area contributed by atoms with E-state index in [1.54, 1.807) is 34.0 Å². The summed E-state index contributed by atoms with van der Waals surface area (Å²) in [6, 6.07) is 6.41. The molecule has 0 radical (unpaired) electrons. The highest BCUT2D eigenvalue weighted by atomic mass is 32.1. The molecule has 3 rings (SSSR count). The Balaban J connectivity index is 2.00. The maximum Gasteiger partial charge on any atom is 0.124 e. The molecule has 3 aromatic rings. The first-order valence-electron chi connectivity index (χ1n) is 4.88. The van der Waals surface area contributed by atoms with Gasteiger partial charge >= 0.3 is 0 Å². The zero-order valence-electron chi connectivity index (χ0n) is 8.64. The molecule has 0 saturated heterocycles. The molecule has 0 atom stereocenters. The number of hydrogen-bond donors (Lipinski definition) is 0. The third-order valence-corrected chi connectivity index (χ3v) is 4.86. The van der Waals surface area contributed by atoms with Crippen molar-refractivity contribution in [1.29, 1.82) is 0 Å². The molecule has 0 aliphatic rings. The summed E-state index contributed by atoms with van der Waals surface area (Å²) < 4.78 is 0. The van der Waals surface area contributed by atoms with Crippen molar-refractivity contribution in [2.45, 2.75) is 6.92 Å². The molecular weight excluding hydrogens is 254 g/mol. The maximum atomic E-state index is 4.67. The minimum atomic E-state index is 1.10. The first kappa shape index (κ1) is 10.2. The third-order valence-electron chi connectivity index (χ3n) is 2.27. The molecule has 0 bridgehead atoms. The van der Waals surface area contributed by atoms with Crippen molar-refractivity contribution in [2.24, 2.45) is 0 Å². The molecule has 0 spiro atoms. The number of nitrogens with zero attached hydrogens (tertiary/aromatic N) is 1. The highest BCUT2D eigenvalue weighted by Gasteiger charge is 2.08. The first-order valence-corrected chi connectivity index (χ1v) is 7.52. The van der Waals surface area contributed by atoms with Gasteiger partial charge in [-0.2, -0.15) is 11.3 Å². The fraction of sp³-hybridized carbons (Fsp3) is 0.0833. The van der Waals surface area contributed by atoms with E-state index in [0.717, 1.165) is 10.7 Å². The standard InChI is InChI=1S/C12H9NS3/c1-8-2-3-11(16-8)10-7-15-12(13-10)9-4-5-14-6-9/h2-7H,1H3. The SMILES string of the molecule is Cc1ccc(-c2csc(-c3ccsc3)n2)s1. The van der Waals surface area contributed by atoms with E-state index in [1.807, 2.05) is 0 Å². The molecule has 0 aliphatic carbocycles. The summed E-state index contributed by atoms with van der Waals surface area (Å²) in [6.45, 7) is 2.13. The van der Waals surface area contributed by atoms with Crippen LogP contribution >= 0.6 is 34.0 Å². The Morgan fingerprint density at radius 3 is 2.75 bits per heavy atom. The monoisotopic (exact) mass is 263 g/mol. The molecule has 0 fully saturated rings. The molecular formula is C12H9NS3. The van der Waals surface area contributed by atoms with Crippen molar-refractivity contribution in [3.8, 4) is 21.1 Å². The summed E-state index contributed by atoms with van der Waals surface area (Å²) in [5.74, 6) is 0. The van der Waals surface area contributed by atoms with Gasteiger partial charge in [-0.3, -0.25) is 0 Å². The minimum absolute atomic E-state index is 1.10. The predicted molar refractivity (Wildman–Crippen MR) is 73.5 cm³/mol. The van der Waals surface area contributed by atoms with Gasteiger partial charge in [0.1, 0.15) is 5.01 Å². The number of aromatic nitrogens is 1. The average Bonchev–Trinajstić information content (AvgIpc) is 2.97. The highest BCUT2D eigenvalue weighted by Crippen LogP contribution is 2.33.